The van der Waals surface area contributed by atoms with Crippen molar-refractivity contribution in [1.82, 2.24) is 15.3 Å². The molecule has 0 amide bonds. The highest BCUT2D eigenvalue weighted by atomic mass is 16.3. The Kier molecular flexibility index (Phi) is 4.88. The second-order valence-corrected chi connectivity index (χ2v) is 5.75. The van der Waals surface area contributed by atoms with Gasteiger partial charge in [0.1, 0.15) is 5.82 Å². The standard InChI is InChI=1S/C15H25N3O/c1-10-15(8-16-12(3)17-10)11(2)18-14-6-4-13(9-19)5-7-14/h8,11,13-14,18-19H,4-7,9H2,1-3H3. The van der Waals surface area contributed by atoms with Gasteiger partial charge in [-0.3, -0.25) is 0 Å². The van der Waals surface area contributed by atoms with E-state index in [1.807, 2.05) is 20.0 Å². The van der Waals surface area contributed by atoms with Crippen molar-refractivity contribution < 1.29 is 5.11 Å². The van der Waals surface area contributed by atoms with E-state index in [0.29, 0.717) is 18.6 Å². The number of aliphatic hydroxyl groups is 1. The molecule has 1 heterocycles. The quantitative estimate of drug-likeness (QED) is 0.875. The van der Waals surface area contributed by atoms with Gasteiger partial charge in [-0.05, 0) is 52.4 Å². The van der Waals surface area contributed by atoms with Crippen molar-refractivity contribution in [2.75, 3.05) is 6.61 Å². The number of nitrogens with zero attached hydrogens (tertiary/aromatic N) is 2. The summed E-state index contributed by atoms with van der Waals surface area (Å²) in [7, 11) is 0. The van der Waals surface area contributed by atoms with Crippen molar-refractivity contribution in [3.63, 3.8) is 0 Å². The molecule has 0 saturated heterocycles. The molecule has 1 atom stereocenters. The van der Waals surface area contributed by atoms with Gasteiger partial charge < -0.3 is 10.4 Å². The van der Waals surface area contributed by atoms with Crippen molar-refractivity contribution in [3.8, 4) is 0 Å². The van der Waals surface area contributed by atoms with Crippen LogP contribution in [0.4, 0.5) is 0 Å². The fourth-order valence-electron chi connectivity index (χ4n) is 2.97. The number of hydrogen-bond donors (Lipinski definition) is 2. The van der Waals surface area contributed by atoms with E-state index in [9.17, 15) is 0 Å². The summed E-state index contributed by atoms with van der Waals surface area (Å²) in [6.07, 6.45) is 6.51. The van der Waals surface area contributed by atoms with Crippen molar-refractivity contribution in [2.45, 2.75) is 58.5 Å². The van der Waals surface area contributed by atoms with Gasteiger partial charge in [-0.25, -0.2) is 9.97 Å². The molecule has 0 radical (unpaired) electrons. The van der Waals surface area contributed by atoms with Crippen LogP contribution in [0.2, 0.25) is 0 Å². The molecular formula is C15H25N3O. The van der Waals surface area contributed by atoms with Crippen LogP contribution in [0.5, 0.6) is 0 Å². The Hall–Kier alpha value is -1.00. The minimum Gasteiger partial charge on any atom is -0.396 e. The fraction of sp³-hybridized carbons (Fsp3) is 0.733. The summed E-state index contributed by atoms with van der Waals surface area (Å²) in [5.74, 6) is 1.34. The molecule has 106 valence electrons. The Balaban J connectivity index is 1.92. The van der Waals surface area contributed by atoms with Gasteiger partial charge in [0.05, 0.1) is 0 Å². The third kappa shape index (κ3) is 3.74. The van der Waals surface area contributed by atoms with Crippen LogP contribution in [-0.2, 0) is 0 Å². The zero-order chi connectivity index (χ0) is 13.8. The maximum absolute atomic E-state index is 9.16. The highest BCUT2D eigenvalue weighted by Crippen LogP contribution is 2.26. The van der Waals surface area contributed by atoms with E-state index in [1.54, 1.807) is 0 Å². The summed E-state index contributed by atoms with van der Waals surface area (Å²) in [6.45, 7) is 6.49. The molecule has 2 rings (SSSR count). The van der Waals surface area contributed by atoms with E-state index in [-0.39, 0.29) is 6.04 Å². The topological polar surface area (TPSA) is 58.0 Å². The van der Waals surface area contributed by atoms with Crippen LogP contribution in [-0.4, -0.2) is 27.7 Å². The number of aryl methyl sites for hydroxylation is 2. The highest BCUT2D eigenvalue weighted by Gasteiger charge is 2.22. The van der Waals surface area contributed by atoms with E-state index >= 15 is 0 Å². The van der Waals surface area contributed by atoms with Gasteiger partial charge in [0.15, 0.2) is 0 Å². The molecular weight excluding hydrogens is 238 g/mol. The first-order valence-corrected chi connectivity index (χ1v) is 7.27. The van der Waals surface area contributed by atoms with Gasteiger partial charge in [-0.1, -0.05) is 0 Å². The second-order valence-electron chi connectivity index (χ2n) is 5.75. The maximum atomic E-state index is 9.16. The van der Waals surface area contributed by atoms with Crippen molar-refractivity contribution in [1.29, 1.82) is 0 Å². The SMILES string of the molecule is Cc1ncc(C(C)NC2CCC(CO)CC2)c(C)n1. The molecule has 2 N–H and O–H groups in total. The van der Waals surface area contributed by atoms with E-state index in [1.165, 1.54) is 5.56 Å². The monoisotopic (exact) mass is 263 g/mol. The number of nitrogens with one attached hydrogen (secondary N) is 1. The van der Waals surface area contributed by atoms with Crippen molar-refractivity contribution >= 4 is 0 Å². The van der Waals surface area contributed by atoms with Crippen molar-refractivity contribution in [2.24, 2.45) is 5.92 Å². The van der Waals surface area contributed by atoms with E-state index in [2.05, 4.69) is 22.2 Å². The average molecular weight is 263 g/mol. The highest BCUT2D eigenvalue weighted by molar-refractivity contribution is 5.19. The lowest BCUT2D eigenvalue weighted by atomic mass is 9.86. The lowest BCUT2D eigenvalue weighted by Crippen LogP contribution is -2.35. The molecule has 0 spiro atoms. The summed E-state index contributed by atoms with van der Waals surface area (Å²) in [5.41, 5.74) is 2.26. The predicted octanol–water partition coefficient (Wildman–Crippen LogP) is 2.30. The summed E-state index contributed by atoms with van der Waals surface area (Å²) in [5, 5.41) is 12.8. The molecule has 1 aliphatic carbocycles. The van der Waals surface area contributed by atoms with Crippen LogP contribution in [0, 0.1) is 19.8 Å². The first-order chi connectivity index (χ1) is 9.10. The largest absolute Gasteiger partial charge is 0.396 e. The smallest absolute Gasteiger partial charge is 0.125 e. The second kappa shape index (κ2) is 6.44. The fourth-order valence-corrected chi connectivity index (χ4v) is 2.97. The van der Waals surface area contributed by atoms with Gasteiger partial charge in [0.25, 0.3) is 0 Å². The van der Waals surface area contributed by atoms with Crippen LogP contribution >= 0.6 is 0 Å². The lowest BCUT2D eigenvalue weighted by molar-refractivity contribution is 0.172. The number of aromatic nitrogens is 2. The minimum atomic E-state index is 0.288. The minimum absolute atomic E-state index is 0.288. The van der Waals surface area contributed by atoms with Crippen LogP contribution in [0.3, 0.4) is 0 Å². The number of aliphatic hydroxyl groups excluding tert-OH is 1. The summed E-state index contributed by atoms with van der Waals surface area (Å²) in [4.78, 5) is 8.72. The Morgan fingerprint density at radius 1 is 1.32 bits per heavy atom. The Labute approximate surface area is 115 Å². The molecule has 0 aromatic carbocycles. The van der Waals surface area contributed by atoms with Gasteiger partial charge in [0, 0.05) is 36.1 Å². The third-order valence-corrected chi connectivity index (χ3v) is 4.19. The molecule has 0 aliphatic heterocycles. The molecule has 1 aromatic rings. The first kappa shape index (κ1) is 14.4. The molecule has 4 nitrogen and oxygen atoms in total. The van der Waals surface area contributed by atoms with Gasteiger partial charge in [-0.2, -0.15) is 0 Å². The molecule has 1 fully saturated rings. The van der Waals surface area contributed by atoms with Crippen LogP contribution in [0.15, 0.2) is 6.20 Å². The maximum Gasteiger partial charge on any atom is 0.125 e. The van der Waals surface area contributed by atoms with Crippen molar-refractivity contribution in [3.05, 3.63) is 23.3 Å². The Morgan fingerprint density at radius 3 is 2.58 bits per heavy atom. The molecule has 1 aliphatic rings. The first-order valence-electron chi connectivity index (χ1n) is 7.27. The zero-order valence-electron chi connectivity index (χ0n) is 12.2. The normalized spacial score (nSPS) is 25.3. The van der Waals surface area contributed by atoms with Gasteiger partial charge >= 0.3 is 0 Å². The Bertz CT molecular complexity index is 414. The molecule has 1 saturated carbocycles. The van der Waals surface area contributed by atoms with Crippen LogP contribution in [0.25, 0.3) is 0 Å². The van der Waals surface area contributed by atoms with Gasteiger partial charge in [-0.15, -0.1) is 0 Å². The Morgan fingerprint density at radius 2 is 2.00 bits per heavy atom. The van der Waals surface area contributed by atoms with E-state index in [0.717, 1.165) is 37.2 Å². The number of rotatable bonds is 4. The molecule has 4 heteroatoms. The third-order valence-electron chi connectivity index (χ3n) is 4.19. The van der Waals surface area contributed by atoms with Crippen LogP contribution < -0.4 is 5.32 Å². The molecule has 0 bridgehead atoms. The predicted molar refractivity (Wildman–Crippen MR) is 75.9 cm³/mol. The van der Waals surface area contributed by atoms with E-state index in [4.69, 9.17) is 5.11 Å². The summed E-state index contributed by atoms with van der Waals surface area (Å²) >= 11 is 0. The van der Waals surface area contributed by atoms with Crippen LogP contribution in [0.1, 0.15) is 55.7 Å². The number of hydrogen-bond acceptors (Lipinski definition) is 4. The lowest BCUT2D eigenvalue weighted by Gasteiger charge is -2.30. The molecule has 1 aromatic heterocycles. The average Bonchev–Trinajstić information content (AvgIpc) is 2.39. The zero-order valence-corrected chi connectivity index (χ0v) is 12.2. The molecule has 1 unspecified atom stereocenters. The van der Waals surface area contributed by atoms with E-state index < -0.39 is 0 Å². The summed E-state index contributed by atoms with van der Waals surface area (Å²) in [6, 6.07) is 0.842. The molecule has 19 heavy (non-hydrogen) atoms. The summed E-state index contributed by atoms with van der Waals surface area (Å²) < 4.78 is 0. The van der Waals surface area contributed by atoms with Gasteiger partial charge in [0.2, 0.25) is 0 Å².